The van der Waals surface area contributed by atoms with Crippen LogP contribution in [0.2, 0.25) is 0 Å². The fraction of sp³-hybridized carbons (Fsp3) is 0.455. The van der Waals surface area contributed by atoms with E-state index >= 15 is 0 Å². The van der Waals surface area contributed by atoms with Crippen molar-refractivity contribution >= 4 is 22.6 Å². The first-order valence-corrected chi connectivity index (χ1v) is 10.3. The van der Waals surface area contributed by atoms with Crippen LogP contribution in [0.15, 0.2) is 23.2 Å². The van der Waals surface area contributed by atoms with Crippen LogP contribution in [0.4, 0.5) is 5.00 Å². The molecule has 2 aromatic rings. The molecular formula is C22H24N2O2S. The fourth-order valence-electron chi connectivity index (χ4n) is 3.79. The summed E-state index contributed by atoms with van der Waals surface area (Å²) in [4.78, 5) is 6.00. The Labute approximate surface area is 164 Å². The molecule has 0 saturated heterocycles. The zero-order valence-corrected chi connectivity index (χ0v) is 16.9. The summed E-state index contributed by atoms with van der Waals surface area (Å²) in [6, 6.07) is 8.21. The summed E-state index contributed by atoms with van der Waals surface area (Å²) in [6.45, 7) is 8.08. The number of nitrogens with zero attached hydrogens (tertiary/aromatic N) is 2. The zero-order chi connectivity index (χ0) is 19.0. The van der Waals surface area contributed by atoms with Gasteiger partial charge < -0.3 is 9.47 Å². The lowest BCUT2D eigenvalue weighted by atomic mass is 9.72. The molecule has 1 aliphatic carbocycles. The molecule has 4 nitrogen and oxygen atoms in total. The van der Waals surface area contributed by atoms with E-state index in [4.69, 9.17) is 9.47 Å². The maximum atomic E-state index is 9.69. The van der Waals surface area contributed by atoms with Gasteiger partial charge in [-0.2, -0.15) is 5.26 Å². The molecule has 2 aliphatic rings. The smallest absolute Gasteiger partial charge is 0.162 e. The highest BCUT2D eigenvalue weighted by Gasteiger charge is 2.32. The normalized spacial score (nSPS) is 19.0. The quantitative estimate of drug-likeness (QED) is 0.665. The number of rotatable bonds is 2. The molecule has 1 aromatic heterocycles. The number of fused-ring (bicyclic) bond motifs is 2. The van der Waals surface area contributed by atoms with Gasteiger partial charge in [-0.3, -0.25) is 0 Å². The van der Waals surface area contributed by atoms with Crippen LogP contribution in [-0.2, 0) is 12.8 Å². The fourth-order valence-corrected chi connectivity index (χ4v) is 5.01. The van der Waals surface area contributed by atoms with Gasteiger partial charge >= 0.3 is 0 Å². The maximum Gasteiger partial charge on any atom is 0.162 e. The molecule has 1 aliphatic heterocycles. The van der Waals surface area contributed by atoms with E-state index < -0.39 is 0 Å². The van der Waals surface area contributed by atoms with Crippen LogP contribution < -0.4 is 9.47 Å². The Bertz CT molecular complexity index is 931. The average molecular weight is 381 g/mol. The first kappa shape index (κ1) is 18.1. The Hall–Kier alpha value is -2.32. The Balaban J connectivity index is 1.61. The first-order valence-electron chi connectivity index (χ1n) is 9.44. The van der Waals surface area contributed by atoms with Crippen molar-refractivity contribution < 1.29 is 9.47 Å². The number of ether oxygens (including phenoxy) is 2. The average Bonchev–Trinajstić information content (AvgIpc) is 3.02. The molecule has 0 fully saturated rings. The summed E-state index contributed by atoms with van der Waals surface area (Å²) >= 11 is 1.68. The molecule has 0 saturated carbocycles. The van der Waals surface area contributed by atoms with Crippen molar-refractivity contribution in [3.05, 3.63) is 39.8 Å². The molecule has 4 rings (SSSR count). The number of hydrogen-bond donors (Lipinski definition) is 0. The second-order valence-electron chi connectivity index (χ2n) is 8.26. The predicted octanol–water partition coefficient (Wildman–Crippen LogP) is 5.29. The van der Waals surface area contributed by atoms with Crippen LogP contribution in [0.1, 0.15) is 48.8 Å². The molecule has 0 amide bonds. The van der Waals surface area contributed by atoms with E-state index in [9.17, 15) is 5.26 Å². The molecule has 27 heavy (non-hydrogen) atoms. The summed E-state index contributed by atoms with van der Waals surface area (Å²) in [7, 11) is 0. The Kier molecular flexibility index (Phi) is 4.69. The van der Waals surface area contributed by atoms with Gasteiger partial charge in [-0.1, -0.05) is 20.8 Å². The molecule has 1 atom stereocenters. The second kappa shape index (κ2) is 7.01. The summed E-state index contributed by atoms with van der Waals surface area (Å²) in [5, 5.41) is 10.5. The number of hydrogen-bond acceptors (Lipinski definition) is 5. The van der Waals surface area contributed by atoms with Crippen LogP contribution in [0, 0.1) is 22.7 Å². The van der Waals surface area contributed by atoms with Crippen LogP contribution in [0.5, 0.6) is 11.5 Å². The lowest BCUT2D eigenvalue weighted by Gasteiger charge is -2.33. The van der Waals surface area contributed by atoms with E-state index in [0.29, 0.717) is 24.5 Å². The van der Waals surface area contributed by atoms with E-state index in [1.165, 1.54) is 10.4 Å². The van der Waals surface area contributed by atoms with Gasteiger partial charge in [0.2, 0.25) is 0 Å². The summed E-state index contributed by atoms with van der Waals surface area (Å²) < 4.78 is 11.2. The highest BCUT2D eigenvalue weighted by atomic mass is 32.1. The minimum atomic E-state index is 0.295. The highest BCUT2D eigenvalue weighted by Crippen LogP contribution is 2.45. The minimum Gasteiger partial charge on any atom is -0.486 e. The standard InChI is InChI=1S/C22H24N2O2S/c1-22(2,3)15-5-6-16-17(12-23)21(27-20(16)11-15)24-13-14-4-7-18-19(10-14)26-9-8-25-18/h4,7,10,13,15H,5-6,8-9,11H2,1-3H3/t15-/m1/s1. The van der Waals surface area contributed by atoms with Gasteiger partial charge in [0.05, 0.1) is 5.56 Å². The van der Waals surface area contributed by atoms with E-state index in [-0.39, 0.29) is 0 Å². The number of benzene rings is 1. The molecule has 0 N–H and O–H groups in total. The molecule has 140 valence electrons. The van der Waals surface area contributed by atoms with Gasteiger partial charge in [0.15, 0.2) is 11.5 Å². The van der Waals surface area contributed by atoms with Gasteiger partial charge in [0.1, 0.15) is 24.3 Å². The van der Waals surface area contributed by atoms with Gasteiger partial charge in [-0.25, -0.2) is 4.99 Å². The third kappa shape index (κ3) is 3.59. The molecule has 0 spiro atoms. The van der Waals surface area contributed by atoms with Crippen molar-refractivity contribution in [2.45, 2.75) is 40.0 Å². The number of thiophene rings is 1. The zero-order valence-electron chi connectivity index (χ0n) is 16.0. The third-order valence-corrected chi connectivity index (χ3v) is 6.64. The van der Waals surface area contributed by atoms with Crippen molar-refractivity contribution in [2.75, 3.05) is 13.2 Å². The van der Waals surface area contributed by atoms with Crippen LogP contribution in [0.3, 0.4) is 0 Å². The van der Waals surface area contributed by atoms with Crippen molar-refractivity contribution in [3.63, 3.8) is 0 Å². The largest absolute Gasteiger partial charge is 0.486 e. The molecule has 0 radical (unpaired) electrons. The Morgan fingerprint density at radius 2 is 2.00 bits per heavy atom. The number of nitriles is 1. The van der Waals surface area contributed by atoms with Gasteiger partial charge in [0.25, 0.3) is 0 Å². The first-order chi connectivity index (χ1) is 13.0. The van der Waals surface area contributed by atoms with Crippen molar-refractivity contribution in [3.8, 4) is 17.6 Å². The summed E-state index contributed by atoms with van der Waals surface area (Å²) in [5.41, 5.74) is 3.22. The second-order valence-corrected chi connectivity index (χ2v) is 9.35. The molecule has 1 aromatic carbocycles. The van der Waals surface area contributed by atoms with E-state index in [1.54, 1.807) is 11.3 Å². The predicted molar refractivity (Wildman–Crippen MR) is 109 cm³/mol. The summed E-state index contributed by atoms with van der Waals surface area (Å²) in [5.74, 6) is 2.19. The third-order valence-electron chi connectivity index (χ3n) is 5.48. The van der Waals surface area contributed by atoms with Crippen LogP contribution in [-0.4, -0.2) is 19.4 Å². The molecular weight excluding hydrogens is 356 g/mol. The van der Waals surface area contributed by atoms with Crippen LogP contribution in [0.25, 0.3) is 0 Å². The molecule has 2 heterocycles. The van der Waals surface area contributed by atoms with E-state index in [0.717, 1.165) is 46.9 Å². The molecule has 5 heteroatoms. The van der Waals surface area contributed by atoms with Crippen molar-refractivity contribution in [1.29, 1.82) is 5.26 Å². The van der Waals surface area contributed by atoms with Gasteiger partial charge in [-0.05, 0) is 59.9 Å². The minimum absolute atomic E-state index is 0.295. The monoisotopic (exact) mass is 380 g/mol. The maximum absolute atomic E-state index is 9.69. The Morgan fingerprint density at radius 1 is 1.22 bits per heavy atom. The lowest BCUT2D eigenvalue weighted by Crippen LogP contribution is -2.26. The van der Waals surface area contributed by atoms with Crippen molar-refractivity contribution in [2.24, 2.45) is 16.3 Å². The Morgan fingerprint density at radius 3 is 2.74 bits per heavy atom. The van der Waals surface area contributed by atoms with Crippen molar-refractivity contribution in [1.82, 2.24) is 0 Å². The van der Waals surface area contributed by atoms with Gasteiger partial charge in [-0.15, -0.1) is 11.3 Å². The molecule has 0 unspecified atom stereocenters. The van der Waals surface area contributed by atoms with Crippen LogP contribution >= 0.6 is 11.3 Å². The van der Waals surface area contributed by atoms with E-state index in [1.807, 2.05) is 24.4 Å². The van der Waals surface area contributed by atoms with E-state index in [2.05, 4.69) is 31.8 Å². The SMILES string of the molecule is CC(C)(C)[C@@H]1CCc2c(sc(N=Cc3ccc4c(c3)OCCO4)c2C#N)C1. The van der Waals surface area contributed by atoms with Gasteiger partial charge in [0, 0.05) is 11.1 Å². The molecule has 0 bridgehead atoms. The topological polar surface area (TPSA) is 54.6 Å². The lowest BCUT2D eigenvalue weighted by molar-refractivity contribution is 0.171. The summed E-state index contributed by atoms with van der Waals surface area (Å²) in [6.07, 6.45) is 5.00. The number of aliphatic imine (C=N–C) groups is 1. The highest BCUT2D eigenvalue weighted by molar-refractivity contribution is 7.16.